The van der Waals surface area contributed by atoms with E-state index in [9.17, 15) is 9.59 Å². The standard InChI is InChI=1S/C15H26N2O3/c1-2-13-6-4-3-5-9-17(13)15(20)16-12-8-7-11(10-12)14(18)19/h11-13H,2-10H2,1H3,(H,16,20)(H,18,19). The SMILES string of the molecule is CCC1CCCCCN1C(=O)NC1CCC(C(=O)O)C1. The fourth-order valence-electron chi connectivity index (χ4n) is 3.46. The van der Waals surface area contributed by atoms with Crippen molar-refractivity contribution in [3.63, 3.8) is 0 Å². The highest BCUT2D eigenvalue weighted by Crippen LogP contribution is 2.26. The van der Waals surface area contributed by atoms with E-state index in [2.05, 4.69) is 12.2 Å². The predicted octanol–water partition coefficient (Wildman–Crippen LogP) is 2.60. The van der Waals surface area contributed by atoms with Crippen LogP contribution in [-0.4, -0.2) is 40.6 Å². The maximum atomic E-state index is 12.4. The van der Waals surface area contributed by atoms with Crippen LogP contribution in [0.15, 0.2) is 0 Å². The maximum Gasteiger partial charge on any atom is 0.317 e. The molecule has 3 atom stereocenters. The molecular formula is C15H26N2O3. The van der Waals surface area contributed by atoms with Crippen molar-refractivity contribution in [2.24, 2.45) is 5.92 Å². The number of nitrogens with one attached hydrogen (secondary N) is 1. The molecule has 114 valence electrons. The molecule has 1 heterocycles. The van der Waals surface area contributed by atoms with Crippen molar-refractivity contribution < 1.29 is 14.7 Å². The zero-order valence-corrected chi connectivity index (χ0v) is 12.3. The van der Waals surface area contributed by atoms with Crippen molar-refractivity contribution in [1.29, 1.82) is 0 Å². The summed E-state index contributed by atoms with van der Waals surface area (Å²) < 4.78 is 0. The number of carboxylic acid groups (broad SMARTS) is 1. The van der Waals surface area contributed by atoms with Crippen LogP contribution < -0.4 is 5.32 Å². The molecule has 5 heteroatoms. The summed E-state index contributed by atoms with van der Waals surface area (Å²) in [5.41, 5.74) is 0. The summed E-state index contributed by atoms with van der Waals surface area (Å²) in [5, 5.41) is 12.1. The molecule has 0 aromatic carbocycles. The first-order valence-electron chi connectivity index (χ1n) is 7.91. The van der Waals surface area contributed by atoms with Gasteiger partial charge in [0.2, 0.25) is 0 Å². The second-order valence-corrected chi connectivity index (χ2v) is 6.10. The monoisotopic (exact) mass is 282 g/mol. The third-order valence-electron chi connectivity index (χ3n) is 4.72. The first-order valence-corrected chi connectivity index (χ1v) is 7.91. The number of amides is 2. The number of likely N-dealkylation sites (tertiary alicyclic amines) is 1. The lowest BCUT2D eigenvalue weighted by molar-refractivity contribution is -0.141. The van der Waals surface area contributed by atoms with Crippen LogP contribution in [0.4, 0.5) is 4.79 Å². The number of rotatable bonds is 3. The van der Waals surface area contributed by atoms with Crippen LogP contribution in [0.5, 0.6) is 0 Å². The molecule has 1 aliphatic heterocycles. The quantitative estimate of drug-likeness (QED) is 0.836. The van der Waals surface area contributed by atoms with Gasteiger partial charge in [0.1, 0.15) is 0 Å². The van der Waals surface area contributed by atoms with E-state index >= 15 is 0 Å². The van der Waals surface area contributed by atoms with Gasteiger partial charge in [0.15, 0.2) is 0 Å². The number of aliphatic carboxylic acids is 1. The summed E-state index contributed by atoms with van der Waals surface area (Å²) in [6.45, 7) is 2.96. The van der Waals surface area contributed by atoms with Crippen molar-refractivity contribution in [2.45, 2.75) is 70.4 Å². The zero-order valence-electron chi connectivity index (χ0n) is 12.3. The van der Waals surface area contributed by atoms with E-state index in [0.717, 1.165) is 32.2 Å². The predicted molar refractivity (Wildman–Crippen MR) is 76.5 cm³/mol. The molecule has 0 bridgehead atoms. The highest BCUT2D eigenvalue weighted by Gasteiger charge is 2.32. The van der Waals surface area contributed by atoms with Gasteiger partial charge in [-0.3, -0.25) is 4.79 Å². The van der Waals surface area contributed by atoms with Crippen LogP contribution in [0.3, 0.4) is 0 Å². The second-order valence-electron chi connectivity index (χ2n) is 6.10. The Balaban J connectivity index is 1.88. The number of hydrogen-bond acceptors (Lipinski definition) is 2. The Morgan fingerprint density at radius 3 is 2.65 bits per heavy atom. The van der Waals surface area contributed by atoms with Gasteiger partial charge >= 0.3 is 12.0 Å². The number of urea groups is 1. The molecule has 0 radical (unpaired) electrons. The molecule has 1 aliphatic carbocycles. The lowest BCUT2D eigenvalue weighted by atomic mass is 10.1. The van der Waals surface area contributed by atoms with Gasteiger partial charge in [0, 0.05) is 18.6 Å². The third-order valence-corrected chi connectivity index (χ3v) is 4.72. The Hall–Kier alpha value is -1.26. The molecule has 0 aromatic heterocycles. The molecule has 20 heavy (non-hydrogen) atoms. The third kappa shape index (κ3) is 3.64. The molecule has 2 rings (SSSR count). The molecular weight excluding hydrogens is 256 g/mol. The Bertz CT molecular complexity index is 359. The van der Waals surface area contributed by atoms with Gasteiger partial charge in [-0.1, -0.05) is 19.8 Å². The van der Waals surface area contributed by atoms with Gasteiger partial charge in [0.05, 0.1) is 5.92 Å². The lowest BCUT2D eigenvalue weighted by Crippen LogP contribution is -2.48. The summed E-state index contributed by atoms with van der Waals surface area (Å²) in [6, 6.07) is 0.383. The van der Waals surface area contributed by atoms with Gasteiger partial charge < -0.3 is 15.3 Å². The Labute approximate surface area is 120 Å². The second kappa shape index (κ2) is 6.95. The summed E-state index contributed by atoms with van der Waals surface area (Å²) in [6.07, 6.45) is 7.60. The van der Waals surface area contributed by atoms with Crippen molar-refractivity contribution >= 4 is 12.0 Å². The number of carbonyl (C=O) groups is 2. The summed E-state index contributed by atoms with van der Waals surface area (Å²) in [5.74, 6) is -1.02. The first-order chi connectivity index (χ1) is 9.61. The highest BCUT2D eigenvalue weighted by molar-refractivity contribution is 5.75. The van der Waals surface area contributed by atoms with Crippen LogP contribution in [0.2, 0.25) is 0 Å². The molecule has 2 fully saturated rings. The van der Waals surface area contributed by atoms with Crippen molar-refractivity contribution in [2.75, 3.05) is 6.54 Å². The molecule has 3 unspecified atom stereocenters. The van der Waals surface area contributed by atoms with E-state index in [0.29, 0.717) is 18.9 Å². The van der Waals surface area contributed by atoms with E-state index in [4.69, 9.17) is 5.11 Å². The van der Waals surface area contributed by atoms with Crippen molar-refractivity contribution in [3.05, 3.63) is 0 Å². The zero-order chi connectivity index (χ0) is 14.5. The fourth-order valence-corrected chi connectivity index (χ4v) is 3.46. The number of carboxylic acids is 1. The van der Waals surface area contributed by atoms with E-state index in [-0.39, 0.29) is 18.0 Å². The number of hydrogen-bond donors (Lipinski definition) is 2. The average molecular weight is 282 g/mol. The molecule has 2 aliphatic rings. The van der Waals surface area contributed by atoms with Crippen LogP contribution in [0.25, 0.3) is 0 Å². The van der Waals surface area contributed by atoms with E-state index < -0.39 is 5.97 Å². The van der Waals surface area contributed by atoms with Gasteiger partial charge in [0.25, 0.3) is 0 Å². The number of nitrogens with zero attached hydrogens (tertiary/aromatic N) is 1. The van der Waals surface area contributed by atoms with E-state index in [1.165, 1.54) is 12.8 Å². The van der Waals surface area contributed by atoms with E-state index in [1.807, 2.05) is 4.90 Å². The molecule has 1 saturated carbocycles. The van der Waals surface area contributed by atoms with E-state index in [1.54, 1.807) is 0 Å². The average Bonchev–Trinajstić information content (AvgIpc) is 2.75. The minimum absolute atomic E-state index is 0.00906. The lowest BCUT2D eigenvalue weighted by Gasteiger charge is -2.30. The molecule has 0 aromatic rings. The van der Waals surface area contributed by atoms with Gasteiger partial charge in [-0.15, -0.1) is 0 Å². The highest BCUT2D eigenvalue weighted by atomic mass is 16.4. The Morgan fingerprint density at radius 2 is 2.00 bits per heavy atom. The first kappa shape index (κ1) is 15.1. The van der Waals surface area contributed by atoms with Gasteiger partial charge in [-0.25, -0.2) is 4.79 Å². The minimum atomic E-state index is -0.733. The number of carbonyl (C=O) groups excluding carboxylic acids is 1. The molecule has 0 spiro atoms. The summed E-state index contributed by atoms with van der Waals surface area (Å²) in [4.78, 5) is 25.3. The molecule has 1 saturated heterocycles. The molecule has 2 N–H and O–H groups in total. The van der Waals surface area contributed by atoms with Gasteiger partial charge in [-0.05, 0) is 38.5 Å². The molecule has 2 amide bonds. The minimum Gasteiger partial charge on any atom is -0.481 e. The Kier molecular flexibility index (Phi) is 5.26. The van der Waals surface area contributed by atoms with Crippen LogP contribution >= 0.6 is 0 Å². The summed E-state index contributed by atoms with van der Waals surface area (Å²) in [7, 11) is 0. The van der Waals surface area contributed by atoms with Crippen LogP contribution in [-0.2, 0) is 4.79 Å². The van der Waals surface area contributed by atoms with Crippen molar-refractivity contribution in [1.82, 2.24) is 10.2 Å². The largest absolute Gasteiger partial charge is 0.481 e. The summed E-state index contributed by atoms with van der Waals surface area (Å²) >= 11 is 0. The van der Waals surface area contributed by atoms with Crippen LogP contribution in [0, 0.1) is 5.92 Å². The fraction of sp³-hybridized carbons (Fsp3) is 0.867. The Morgan fingerprint density at radius 1 is 1.20 bits per heavy atom. The topological polar surface area (TPSA) is 69.6 Å². The smallest absolute Gasteiger partial charge is 0.317 e. The molecule has 5 nitrogen and oxygen atoms in total. The van der Waals surface area contributed by atoms with Crippen LogP contribution in [0.1, 0.15) is 58.3 Å². The normalized spacial score (nSPS) is 30.9. The van der Waals surface area contributed by atoms with Gasteiger partial charge in [-0.2, -0.15) is 0 Å². The van der Waals surface area contributed by atoms with Crippen molar-refractivity contribution in [3.8, 4) is 0 Å². The maximum absolute atomic E-state index is 12.4.